The van der Waals surface area contributed by atoms with Crippen LogP contribution in [0.1, 0.15) is 34.1 Å². The number of hydrogen-bond acceptors (Lipinski definition) is 4. The number of benzene rings is 1. The summed E-state index contributed by atoms with van der Waals surface area (Å²) in [5.41, 5.74) is 7.28. The van der Waals surface area contributed by atoms with Gasteiger partial charge < -0.3 is 20.7 Å². The van der Waals surface area contributed by atoms with Crippen LogP contribution < -0.4 is 16.0 Å². The highest BCUT2D eigenvalue weighted by Gasteiger charge is 2.16. The van der Waals surface area contributed by atoms with E-state index in [-0.39, 0.29) is 0 Å². The largest absolute Gasteiger partial charge is 0.444 e. The second-order valence-electron chi connectivity index (χ2n) is 6.12. The molecule has 0 aromatic heterocycles. The van der Waals surface area contributed by atoms with Crippen LogP contribution in [0.15, 0.2) is 22.7 Å². The van der Waals surface area contributed by atoms with Gasteiger partial charge in [-0.25, -0.2) is 4.79 Å². The topological polar surface area (TPSA) is 67.6 Å². The Labute approximate surface area is 141 Å². The van der Waals surface area contributed by atoms with Crippen molar-refractivity contribution in [1.29, 1.82) is 0 Å². The van der Waals surface area contributed by atoms with Gasteiger partial charge in [-0.05, 0) is 45.4 Å². The summed E-state index contributed by atoms with van der Waals surface area (Å²) in [5.74, 6) is 0. The van der Waals surface area contributed by atoms with Crippen molar-refractivity contribution in [2.24, 2.45) is 0 Å². The second-order valence-corrected chi connectivity index (χ2v) is 7.03. The zero-order chi connectivity index (χ0) is 16.8. The Hall–Kier alpha value is -1.43. The van der Waals surface area contributed by atoms with E-state index in [1.165, 1.54) is 0 Å². The van der Waals surface area contributed by atoms with Gasteiger partial charge in [-0.15, -0.1) is 0 Å². The molecule has 0 heterocycles. The molecule has 5 nitrogen and oxygen atoms in total. The number of hydrogen-bond donors (Lipinski definition) is 2. The minimum absolute atomic E-state index is 0.397. The molecule has 0 saturated carbocycles. The molecule has 0 radical (unpaired) electrons. The molecule has 0 unspecified atom stereocenters. The van der Waals surface area contributed by atoms with Crippen LogP contribution in [-0.4, -0.2) is 31.3 Å². The molecule has 0 atom stereocenters. The number of amides is 1. The number of rotatable bonds is 6. The van der Waals surface area contributed by atoms with Crippen molar-refractivity contribution < 1.29 is 9.53 Å². The molecule has 1 aromatic carbocycles. The molecule has 1 rings (SSSR count). The van der Waals surface area contributed by atoms with Gasteiger partial charge in [0, 0.05) is 24.1 Å². The standard InChI is InChI=1S/C16H26BrN3O2/c1-5-9-20(14-11-12(17)6-7-13(14)18)10-8-19-15(21)22-16(2,3)4/h6-7,11H,5,8-10,18H2,1-4H3,(H,19,21). The lowest BCUT2D eigenvalue weighted by Gasteiger charge is -2.26. The van der Waals surface area contributed by atoms with E-state index >= 15 is 0 Å². The van der Waals surface area contributed by atoms with E-state index in [2.05, 4.69) is 33.1 Å². The molecule has 0 saturated heterocycles. The predicted molar refractivity (Wildman–Crippen MR) is 95.3 cm³/mol. The van der Waals surface area contributed by atoms with Crippen LogP contribution in [-0.2, 0) is 4.74 Å². The summed E-state index contributed by atoms with van der Waals surface area (Å²) in [6.45, 7) is 9.70. The van der Waals surface area contributed by atoms with Crippen LogP contribution in [0.2, 0.25) is 0 Å². The zero-order valence-corrected chi connectivity index (χ0v) is 15.4. The van der Waals surface area contributed by atoms with E-state index in [0.717, 1.165) is 28.8 Å². The number of ether oxygens (including phenoxy) is 1. The SMILES string of the molecule is CCCN(CCNC(=O)OC(C)(C)C)c1cc(Br)ccc1N. The number of carbonyl (C=O) groups is 1. The van der Waals surface area contributed by atoms with Gasteiger partial charge in [-0.1, -0.05) is 22.9 Å². The number of nitrogen functional groups attached to an aromatic ring is 1. The summed E-state index contributed by atoms with van der Waals surface area (Å²) in [7, 11) is 0. The van der Waals surface area contributed by atoms with Crippen LogP contribution >= 0.6 is 15.9 Å². The smallest absolute Gasteiger partial charge is 0.407 e. The fourth-order valence-corrected chi connectivity index (χ4v) is 2.37. The minimum atomic E-state index is -0.484. The van der Waals surface area contributed by atoms with E-state index in [1.54, 1.807) is 0 Å². The monoisotopic (exact) mass is 371 g/mol. The number of carbonyl (C=O) groups excluding carboxylic acids is 1. The highest BCUT2D eigenvalue weighted by molar-refractivity contribution is 9.10. The van der Waals surface area contributed by atoms with Gasteiger partial charge in [-0.2, -0.15) is 0 Å². The summed E-state index contributed by atoms with van der Waals surface area (Å²) in [6.07, 6.45) is 0.601. The molecule has 0 aliphatic rings. The quantitative estimate of drug-likeness (QED) is 0.746. The van der Waals surface area contributed by atoms with E-state index < -0.39 is 11.7 Å². The third-order valence-corrected chi connectivity index (χ3v) is 3.37. The zero-order valence-electron chi connectivity index (χ0n) is 13.8. The third-order valence-electron chi connectivity index (χ3n) is 2.88. The van der Waals surface area contributed by atoms with Gasteiger partial charge in [0.15, 0.2) is 0 Å². The van der Waals surface area contributed by atoms with Gasteiger partial charge >= 0.3 is 6.09 Å². The summed E-state index contributed by atoms with van der Waals surface area (Å²) >= 11 is 3.47. The molecule has 0 bridgehead atoms. The first-order chi connectivity index (χ1) is 10.2. The lowest BCUT2D eigenvalue weighted by Crippen LogP contribution is -2.38. The van der Waals surface area contributed by atoms with Crippen LogP contribution in [0.5, 0.6) is 0 Å². The molecule has 0 fully saturated rings. The summed E-state index contributed by atoms with van der Waals surface area (Å²) in [4.78, 5) is 13.8. The molecule has 0 spiro atoms. The van der Waals surface area contributed by atoms with Crippen LogP contribution in [0.25, 0.3) is 0 Å². The highest BCUT2D eigenvalue weighted by Crippen LogP contribution is 2.27. The second kappa shape index (κ2) is 8.27. The number of nitrogens with one attached hydrogen (secondary N) is 1. The Morgan fingerprint density at radius 2 is 2.05 bits per heavy atom. The van der Waals surface area contributed by atoms with Crippen LogP contribution in [0.4, 0.5) is 16.2 Å². The molecule has 3 N–H and O–H groups in total. The van der Waals surface area contributed by atoms with Crippen molar-refractivity contribution in [2.45, 2.75) is 39.7 Å². The summed E-state index contributed by atoms with van der Waals surface area (Å²) in [5, 5.41) is 2.78. The molecule has 0 aliphatic heterocycles. The van der Waals surface area contributed by atoms with E-state index in [4.69, 9.17) is 10.5 Å². The molecule has 124 valence electrons. The van der Waals surface area contributed by atoms with E-state index in [9.17, 15) is 4.79 Å². The van der Waals surface area contributed by atoms with E-state index in [0.29, 0.717) is 13.1 Å². The molecule has 0 aliphatic carbocycles. The third kappa shape index (κ3) is 6.56. The predicted octanol–water partition coefficient (Wildman–Crippen LogP) is 3.77. The fraction of sp³-hybridized carbons (Fsp3) is 0.562. The van der Waals surface area contributed by atoms with Gasteiger partial charge in [0.2, 0.25) is 0 Å². The lowest BCUT2D eigenvalue weighted by molar-refractivity contribution is 0.0529. The number of nitrogens with zero attached hydrogens (tertiary/aromatic N) is 1. The molecule has 1 aromatic rings. The Balaban J connectivity index is 2.62. The molecule has 1 amide bonds. The maximum absolute atomic E-state index is 11.7. The van der Waals surface area contributed by atoms with Crippen molar-refractivity contribution in [3.8, 4) is 0 Å². The van der Waals surface area contributed by atoms with Crippen molar-refractivity contribution in [3.63, 3.8) is 0 Å². The molecular formula is C16H26BrN3O2. The van der Waals surface area contributed by atoms with Crippen LogP contribution in [0.3, 0.4) is 0 Å². The first kappa shape index (κ1) is 18.6. The Morgan fingerprint density at radius 1 is 1.36 bits per heavy atom. The fourth-order valence-electron chi connectivity index (χ4n) is 2.02. The van der Waals surface area contributed by atoms with Gasteiger partial charge in [0.05, 0.1) is 11.4 Å². The van der Waals surface area contributed by atoms with Gasteiger partial charge in [0.25, 0.3) is 0 Å². The van der Waals surface area contributed by atoms with Gasteiger partial charge in [0.1, 0.15) is 5.60 Å². The number of nitrogens with two attached hydrogens (primary N) is 1. The number of halogens is 1. The first-order valence-electron chi connectivity index (χ1n) is 7.49. The Kier molecular flexibility index (Phi) is 7.00. The average Bonchev–Trinajstić information content (AvgIpc) is 2.38. The Bertz CT molecular complexity index is 501. The first-order valence-corrected chi connectivity index (χ1v) is 8.29. The van der Waals surface area contributed by atoms with Crippen molar-refractivity contribution in [1.82, 2.24) is 5.32 Å². The minimum Gasteiger partial charge on any atom is -0.444 e. The average molecular weight is 372 g/mol. The number of anilines is 2. The maximum Gasteiger partial charge on any atom is 0.407 e. The highest BCUT2D eigenvalue weighted by atomic mass is 79.9. The van der Waals surface area contributed by atoms with Crippen molar-refractivity contribution in [2.75, 3.05) is 30.3 Å². The summed E-state index contributed by atoms with van der Waals surface area (Å²) < 4.78 is 6.21. The number of alkyl carbamates (subject to hydrolysis) is 1. The van der Waals surface area contributed by atoms with Crippen molar-refractivity contribution in [3.05, 3.63) is 22.7 Å². The Morgan fingerprint density at radius 3 is 2.64 bits per heavy atom. The van der Waals surface area contributed by atoms with Crippen molar-refractivity contribution >= 4 is 33.4 Å². The van der Waals surface area contributed by atoms with E-state index in [1.807, 2.05) is 39.0 Å². The van der Waals surface area contributed by atoms with Crippen LogP contribution in [0, 0.1) is 0 Å². The molecule has 22 heavy (non-hydrogen) atoms. The lowest BCUT2D eigenvalue weighted by atomic mass is 10.2. The maximum atomic E-state index is 11.7. The summed E-state index contributed by atoms with van der Waals surface area (Å²) in [6, 6.07) is 5.80. The van der Waals surface area contributed by atoms with Gasteiger partial charge in [-0.3, -0.25) is 0 Å². The molecular weight excluding hydrogens is 346 g/mol. The molecule has 6 heteroatoms. The normalized spacial score (nSPS) is 11.1.